The van der Waals surface area contributed by atoms with Gasteiger partial charge in [0.25, 0.3) is 0 Å². The number of nitrogens with two attached hydrogens (primary N) is 1. The highest BCUT2D eigenvalue weighted by atomic mass is 32.1. The Morgan fingerprint density at radius 3 is 2.36 bits per heavy atom. The number of carbonyl (C=O) groups is 1. The second-order valence-corrected chi connectivity index (χ2v) is 5.40. The fourth-order valence-corrected chi connectivity index (χ4v) is 1.41. The quantitative estimate of drug-likeness (QED) is 0.702. The number of amides is 1. The van der Waals surface area contributed by atoms with Crippen LogP contribution in [0, 0.1) is 5.41 Å². The first-order valence-electron chi connectivity index (χ1n) is 4.78. The summed E-state index contributed by atoms with van der Waals surface area (Å²) < 4.78 is 0. The molecule has 0 bridgehead atoms. The van der Waals surface area contributed by atoms with E-state index in [1.54, 1.807) is 0 Å². The van der Waals surface area contributed by atoms with E-state index in [1.807, 2.05) is 27.7 Å². The van der Waals surface area contributed by atoms with E-state index < -0.39 is 0 Å². The van der Waals surface area contributed by atoms with Crippen molar-refractivity contribution >= 4 is 23.1 Å². The third-order valence-electron chi connectivity index (χ3n) is 1.61. The predicted molar refractivity (Wildman–Crippen MR) is 63.1 cm³/mol. The second-order valence-electron chi connectivity index (χ2n) is 4.88. The highest BCUT2D eigenvalue weighted by molar-refractivity contribution is 7.80. The summed E-state index contributed by atoms with van der Waals surface area (Å²) >= 11 is 4.76. The molecule has 0 saturated carbocycles. The molecule has 0 heterocycles. The van der Waals surface area contributed by atoms with E-state index in [0.717, 1.165) is 0 Å². The predicted octanol–water partition coefficient (Wildman–Crippen LogP) is 1.60. The highest BCUT2D eigenvalue weighted by Gasteiger charge is 2.17. The van der Waals surface area contributed by atoms with E-state index in [4.69, 9.17) is 18.0 Å². The standard InChI is InChI=1S/C10H20N2OS/c1-7(5-8(11)14)12-9(13)6-10(2,3)4/h7H,5-6H2,1-4H3,(H2,11,14)(H,12,13). The molecule has 0 radical (unpaired) electrons. The lowest BCUT2D eigenvalue weighted by Gasteiger charge is -2.19. The maximum Gasteiger partial charge on any atom is 0.220 e. The van der Waals surface area contributed by atoms with Crippen LogP contribution in [0.3, 0.4) is 0 Å². The first kappa shape index (κ1) is 13.4. The molecule has 4 heteroatoms. The molecule has 1 atom stereocenters. The largest absolute Gasteiger partial charge is 0.393 e. The van der Waals surface area contributed by atoms with Gasteiger partial charge in [-0.3, -0.25) is 4.79 Å². The van der Waals surface area contributed by atoms with E-state index in [2.05, 4.69) is 5.32 Å². The van der Waals surface area contributed by atoms with E-state index in [-0.39, 0.29) is 17.4 Å². The van der Waals surface area contributed by atoms with Crippen molar-refractivity contribution in [1.29, 1.82) is 0 Å². The Hall–Kier alpha value is -0.640. The third kappa shape index (κ3) is 7.98. The van der Waals surface area contributed by atoms with Gasteiger partial charge in [-0.2, -0.15) is 0 Å². The number of rotatable bonds is 4. The van der Waals surface area contributed by atoms with E-state index >= 15 is 0 Å². The summed E-state index contributed by atoms with van der Waals surface area (Å²) in [6, 6.07) is 0.0300. The van der Waals surface area contributed by atoms with E-state index in [0.29, 0.717) is 17.8 Å². The van der Waals surface area contributed by atoms with Crippen LogP contribution in [0.5, 0.6) is 0 Å². The van der Waals surface area contributed by atoms with Crippen LogP contribution < -0.4 is 11.1 Å². The second kappa shape index (κ2) is 5.29. The molecule has 82 valence electrons. The number of hydrogen-bond acceptors (Lipinski definition) is 2. The van der Waals surface area contributed by atoms with Crippen LogP contribution in [-0.4, -0.2) is 16.9 Å². The van der Waals surface area contributed by atoms with Crippen molar-refractivity contribution in [2.45, 2.75) is 46.6 Å². The first-order valence-corrected chi connectivity index (χ1v) is 5.19. The van der Waals surface area contributed by atoms with Gasteiger partial charge in [0.15, 0.2) is 0 Å². The maximum atomic E-state index is 11.5. The molecule has 0 aliphatic heterocycles. The molecule has 0 spiro atoms. The summed E-state index contributed by atoms with van der Waals surface area (Å²) in [6.07, 6.45) is 1.08. The van der Waals surface area contributed by atoms with E-state index in [1.165, 1.54) is 0 Å². The van der Waals surface area contributed by atoms with Crippen molar-refractivity contribution in [3.63, 3.8) is 0 Å². The van der Waals surface area contributed by atoms with Gasteiger partial charge in [-0.1, -0.05) is 33.0 Å². The van der Waals surface area contributed by atoms with Gasteiger partial charge in [-0.05, 0) is 12.3 Å². The average Bonchev–Trinajstić information content (AvgIpc) is 1.77. The Balaban J connectivity index is 3.89. The molecular weight excluding hydrogens is 196 g/mol. The van der Waals surface area contributed by atoms with Crippen molar-refractivity contribution in [3.8, 4) is 0 Å². The van der Waals surface area contributed by atoms with Gasteiger partial charge >= 0.3 is 0 Å². The van der Waals surface area contributed by atoms with Crippen LogP contribution in [0.15, 0.2) is 0 Å². The van der Waals surface area contributed by atoms with Crippen molar-refractivity contribution in [2.75, 3.05) is 0 Å². The van der Waals surface area contributed by atoms with Gasteiger partial charge in [0.2, 0.25) is 5.91 Å². The lowest BCUT2D eigenvalue weighted by atomic mass is 9.92. The molecule has 0 aromatic heterocycles. The molecule has 3 N–H and O–H groups in total. The Morgan fingerprint density at radius 1 is 1.50 bits per heavy atom. The van der Waals surface area contributed by atoms with Crippen LogP contribution in [0.2, 0.25) is 0 Å². The molecule has 0 saturated heterocycles. The SMILES string of the molecule is CC(CC(N)=S)NC(=O)CC(C)(C)C. The van der Waals surface area contributed by atoms with Crippen LogP contribution in [0.4, 0.5) is 0 Å². The first-order chi connectivity index (χ1) is 6.20. The zero-order chi connectivity index (χ0) is 11.4. The number of thiocarbonyl (C=S) groups is 1. The fourth-order valence-electron chi connectivity index (χ4n) is 1.16. The summed E-state index contributed by atoms with van der Waals surface area (Å²) in [6.45, 7) is 8.00. The number of carbonyl (C=O) groups excluding carboxylic acids is 1. The Kier molecular flexibility index (Phi) is 5.05. The summed E-state index contributed by atoms with van der Waals surface area (Å²) in [4.78, 5) is 11.9. The minimum atomic E-state index is 0.0209. The smallest absolute Gasteiger partial charge is 0.220 e. The van der Waals surface area contributed by atoms with Gasteiger partial charge in [0.05, 0.1) is 4.99 Å². The zero-order valence-electron chi connectivity index (χ0n) is 9.39. The molecule has 0 fully saturated rings. The van der Waals surface area contributed by atoms with Crippen molar-refractivity contribution in [2.24, 2.45) is 11.1 Å². The maximum absolute atomic E-state index is 11.5. The molecule has 1 unspecified atom stereocenters. The van der Waals surface area contributed by atoms with Gasteiger partial charge in [0.1, 0.15) is 0 Å². The Labute approximate surface area is 91.4 Å². The molecule has 0 rings (SSSR count). The molecular formula is C10H20N2OS. The lowest BCUT2D eigenvalue weighted by Crippen LogP contribution is -2.36. The van der Waals surface area contributed by atoms with Gasteiger partial charge < -0.3 is 11.1 Å². The highest BCUT2D eigenvalue weighted by Crippen LogP contribution is 2.17. The molecule has 0 aromatic carbocycles. The van der Waals surface area contributed by atoms with Crippen molar-refractivity contribution < 1.29 is 4.79 Å². The fraction of sp³-hybridized carbons (Fsp3) is 0.800. The van der Waals surface area contributed by atoms with Crippen molar-refractivity contribution in [1.82, 2.24) is 5.32 Å². The van der Waals surface area contributed by atoms with Gasteiger partial charge in [-0.15, -0.1) is 0 Å². The molecule has 14 heavy (non-hydrogen) atoms. The monoisotopic (exact) mass is 216 g/mol. The minimum absolute atomic E-state index is 0.0209. The van der Waals surface area contributed by atoms with Crippen LogP contribution in [-0.2, 0) is 4.79 Å². The molecule has 0 aliphatic rings. The molecule has 0 aliphatic carbocycles. The summed E-state index contributed by atoms with van der Waals surface area (Å²) in [7, 11) is 0. The Morgan fingerprint density at radius 2 is 2.00 bits per heavy atom. The molecule has 1 amide bonds. The molecule has 3 nitrogen and oxygen atoms in total. The zero-order valence-corrected chi connectivity index (χ0v) is 10.2. The number of nitrogens with one attached hydrogen (secondary N) is 1. The average molecular weight is 216 g/mol. The summed E-state index contributed by atoms with van der Waals surface area (Å²) in [5.41, 5.74) is 5.40. The van der Waals surface area contributed by atoms with Crippen LogP contribution in [0.1, 0.15) is 40.5 Å². The topological polar surface area (TPSA) is 55.1 Å². The van der Waals surface area contributed by atoms with Gasteiger partial charge in [-0.25, -0.2) is 0 Å². The van der Waals surface area contributed by atoms with Crippen LogP contribution in [0.25, 0.3) is 0 Å². The normalized spacial score (nSPS) is 13.4. The molecule has 0 aromatic rings. The van der Waals surface area contributed by atoms with Crippen molar-refractivity contribution in [3.05, 3.63) is 0 Å². The van der Waals surface area contributed by atoms with Crippen LogP contribution >= 0.6 is 12.2 Å². The summed E-state index contributed by atoms with van der Waals surface area (Å²) in [5, 5.41) is 2.86. The third-order valence-corrected chi connectivity index (χ3v) is 1.77. The Bertz CT molecular complexity index is 221. The van der Waals surface area contributed by atoms with Gasteiger partial charge in [0, 0.05) is 18.9 Å². The lowest BCUT2D eigenvalue weighted by molar-refractivity contribution is -0.123. The number of hydrogen-bond donors (Lipinski definition) is 2. The van der Waals surface area contributed by atoms with E-state index in [9.17, 15) is 4.79 Å². The minimum Gasteiger partial charge on any atom is -0.393 e. The summed E-state index contributed by atoms with van der Waals surface area (Å²) in [5.74, 6) is 0.0567.